The number of methoxy groups -OCH3 is 1. The van der Waals surface area contributed by atoms with E-state index in [0.29, 0.717) is 5.02 Å². The molecule has 0 atom stereocenters. The fourth-order valence-electron chi connectivity index (χ4n) is 1.49. The summed E-state index contributed by atoms with van der Waals surface area (Å²) >= 11 is 6.04. The summed E-state index contributed by atoms with van der Waals surface area (Å²) in [6.07, 6.45) is 0.887. The summed E-state index contributed by atoms with van der Waals surface area (Å²) in [6, 6.07) is 3.82. The number of ether oxygens (including phenoxy) is 1. The lowest BCUT2D eigenvalue weighted by molar-refractivity contribution is 0.416. The van der Waals surface area contributed by atoms with Crippen LogP contribution in [0.5, 0.6) is 5.75 Å². The molecule has 0 aromatic heterocycles. The number of benzene rings is 1. The molecule has 0 heterocycles. The van der Waals surface area contributed by atoms with Gasteiger partial charge in [0, 0.05) is 23.2 Å². The van der Waals surface area contributed by atoms with Gasteiger partial charge in [-0.1, -0.05) is 11.6 Å². The summed E-state index contributed by atoms with van der Waals surface area (Å²) in [4.78, 5) is 0. The minimum absolute atomic E-state index is 0.165. The van der Waals surface area contributed by atoms with Crippen LogP contribution in [0.4, 0.5) is 5.69 Å². The highest BCUT2D eigenvalue weighted by molar-refractivity contribution is 6.31. The molecular weight excluding hydrogens is 236 g/mol. The molecule has 0 unspecified atom stereocenters. The molecule has 0 bridgehead atoms. The third-order valence-corrected chi connectivity index (χ3v) is 2.97. The summed E-state index contributed by atoms with van der Waals surface area (Å²) in [5.74, 6) is 0.760. The van der Waals surface area contributed by atoms with Crippen LogP contribution in [-0.4, -0.2) is 19.2 Å². The molecule has 0 aliphatic heterocycles. The predicted molar refractivity (Wildman–Crippen MR) is 74.1 cm³/mol. The van der Waals surface area contributed by atoms with Crippen molar-refractivity contribution in [1.82, 2.24) is 0 Å². The van der Waals surface area contributed by atoms with Gasteiger partial charge in [-0.2, -0.15) is 0 Å². The second-order valence-electron chi connectivity index (χ2n) is 4.97. The Balaban J connectivity index is 2.73. The highest BCUT2D eigenvalue weighted by Crippen LogP contribution is 2.30. The van der Waals surface area contributed by atoms with Gasteiger partial charge in [-0.05, 0) is 38.8 Å². The molecule has 1 aromatic carbocycles. The zero-order valence-electron chi connectivity index (χ0n) is 10.9. The van der Waals surface area contributed by atoms with E-state index in [1.165, 1.54) is 0 Å². The second kappa shape index (κ2) is 5.61. The summed E-state index contributed by atoms with van der Waals surface area (Å²) < 4.78 is 5.29. The van der Waals surface area contributed by atoms with Gasteiger partial charge in [0.2, 0.25) is 0 Å². The van der Waals surface area contributed by atoms with Gasteiger partial charge >= 0.3 is 0 Å². The van der Waals surface area contributed by atoms with E-state index < -0.39 is 0 Å². The zero-order valence-corrected chi connectivity index (χ0v) is 11.7. The number of nitrogens with one attached hydrogen (secondary N) is 1. The van der Waals surface area contributed by atoms with Crippen LogP contribution >= 0.6 is 11.6 Å². The Labute approximate surface area is 108 Å². The topological polar surface area (TPSA) is 47.3 Å². The average molecular weight is 257 g/mol. The number of nitrogens with two attached hydrogens (primary N) is 1. The molecule has 3 nitrogen and oxygen atoms in total. The molecule has 4 heteroatoms. The first-order chi connectivity index (χ1) is 7.83. The molecule has 1 rings (SSSR count). The Morgan fingerprint density at radius 2 is 2.06 bits per heavy atom. The Kier molecular flexibility index (Phi) is 4.66. The maximum atomic E-state index is 6.04. The van der Waals surface area contributed by atoms with Crippen LogP contribution in [-0.2, 0) is 0 Å². The molecule has 0 saturated heterocycles. The van der Waals surface area contributed by atoms with Crippen molar-refractivity contribution < 1.29 is 4.74 Å². The van der Waals surface area contributed by atoms with Gasteiger partial charge in [0.1, 0.15) is 5.75 Å². The summed E-state index contributed by atoms with van der Waals surface area (Å²) in [6.45, 7) is 6.80. The molecule has 0 spiro atoms. The van der Waals surface area contributed by atoms with Gasteiger partial charge in [-0.25, -0.2) is 0 Å². The Morgan fingerprint density at radius 3 is 2.59 bits per heavy atom. The highest BCUT2D eigenvalue weighted by Gasteiger charge is 2.11. The molecule has 0 fully saturated rings. The first-order valence-corrected chi connectivity index (χ1v) is 6.08. The van der Waals surface area contributed by atoms with Crippen molar-refractivity contribution in [2.75, 3.05) is 19.0 Å². The SMILES string of the molecule is COc1cc(Cl)c(C)cc1NCCC(C)(C)N. The fourth-order valence-corrected chi connectivity index (χ4v) is 1.64. The third kappa shape index (κ3) is 4.44. The monoisotopic (exact) mass is 256 g/mol. The number of hydrogen-bond acceptors (Lipinski definition) is 3. The van der Waals surface area contributed by atoms with Crippen LogP contribution in [0, 0.1) is 6.92 Å². The molecule has 0 radical (unpaired) electrons. The summed E-state index contributed by atoms with van der Waals surface area (Å²) in [5.41, 5.74) is 7.75. The lowest BCUT2D eigenvalue weighted by Gasteiger charge is -2.20. The molecule has 1 aromatic rings. The number of hydrogen-bond donors (Lipinski definition) is 2. The van der Waals surface area contributed by atoms with E-state index in [2.05, 4.69) is 5.32 Å². The van der Waals surface area contributed by atoms with E-state index in [-0.39, 0.29) is 5.54 Å². The molecular formula is C13H21ClN2O. The number of anilines is 1. The minimum atomic E-state index is -0.165. The second-order valence-corrected chi connectivity index (χ2v) is 5.37. The smallest absolute Gasteiger partial charge is 0.143 e. The van der Waals surface area contributed by atoms with Crippen molar-refractivity contribution in [1.29, 1.82) is 0 Å². The quantitative estimate of drug-likeness (QED) is 0.851. The van der Waals surface area contributed by atoms with Crippen LogP contribution in [0.15, 0.2) is 12.1 Å². The minimum Gasteiger partial charge on any atom is -0.495 e. The summed E-state index contributed by atoms with van der Waals surface area (Å²) in [7, 11) is 1.64. The van der Waals surface area contributed by atoms with Crippen LogP contribution in [0.25, 0.3) is 0 Å². The normalized spacial score (nSPS) is 11.4. The lowest BCUT2D eigenvalue weighted by atomic mass is 10.0. The molecule has 0 aliphatic rings. The Hall–Kier alpha value is -0.930. The van der Waals surface area contributed by atoms with Gasteiger partial charge in [0.15, 0.2) is 0 Å². The fraction of sp³-hybridized carbons (Fsp3) is 0.538. The van der Waals surface area contributed by atoms with E-state index >= 15 is 0 Å². The average Bonchev–Trinajstić information content (AvgIpc) is 2.21. The Bertz CT molecular complexity index is 386. The van der Waals surface area contributed by atoms with Crippen LogP contribution < -0.4 is 15.8 Å². The summed E-state index contributed by atoms with van der Waals surface area (Å²) in [5, 5.41) is 4.04. The van der Waals surface area contributed by atoms with Crippen LogP contribution in [0.2, 0.25) is 5.02 Å². The first kappa shape index (κ1) is 14.1. The third-order valence-electron chi connectivity index (χ3n) is 2.57. The standard InChI is InChI=1S/C13H21ClN2O/c1-9-7-11(12(17-4)8-10(9)14)16-6-5-13(2,3)15/h7-8,16H,5-6,15H2,1-4H3. The molecule has 0 aliphatic carbocycles. The maximum Gasteiger partial charge on any atom is 0.143 e. The highest BCUT2D eigenvalue weighted by atomic mass is 35.5. The number of aryl methyl sites for hydroxylation is 1. The van der Waals surface area contributed by atoms with Gasteiger partial charge in [0.05, 0.1) is 12.8 Å². The largest absolute Gasteiger partial charge is 0.495 e. The van der Waals surface area contributed by atoms with Gasteiger partial charge < -0.3 is 15.8 Å². The van der Waals surface area contributed by atoms with Crippen molar-refractivity contribution in [2.24, 2.45) is 5.73 Å². The van der Waals surface area contributed by atoms with Crippen molar-refractivity contribution in [3.63, 3.8) is 0 Å². The van der Waals surface area contributed by atoms with Crippen molar-refractivity contribution in [2.45, 2.75) is 32.7 Å². The van der Waals surface area contributed by atoms with E-state index in [4.69, 9.17) is 22.1 Å². The van der Waals surface area contributed by atoms with E-state index in [1.807, 2.05) is 32.9 Å². The molecule has 96 valence electrons. The van der Waals surface area contributed by atoms with Crippen molar-refractivity contribution in [3.8, 4) is 5.75 Å². The van der Waals surface area contributed by atoms with Crippen molar-refractivity contribution >= 4 is 17.3 Å². The molecule has 17 heavy (non-hydrogen) atoms. The van der Waals surface area contributed by atoms with Crippen LogP contribution in [0.3, 0.4) is 0 Å². The lowest BCUT2D eigenvalue weighted by Crippen LogP contribution is -2.34. The molecule has 0 saturated carbocycles. The van der Waals surface area contributed by atoms with Gasteiger partial charge in [-0.3, -0.25) is 0 Å². The van der Waals surface area contributed by atoms with Gasteiger partial charge in [0.25, 0.3) is 0 Å². The first-order valence-electron chi connectivity index (χ1n) is 5.70. The number of halogens is 1. The molecule has 0 amide bonds. The Morgan fingerprint density at radius 1 is 1.41 bits per heavy atom. The molecule has 3 N–H and O–H groups in total. The predicted octanol–water partition coefficient (Wildman–Crippen LogP) is 3.20. The van der Waals surface area contributed by atoms with E-state index in [1.54, 1.807) is 7.11 Å². The zero-order chi connectivity index (χ0) is 13.1. The maximum absolute atomic E-state index is 6.04. The number of rotatable bonds is 5. The van der Waals surface area contributed by atoms with Gasteiger partial charge in [-0.15, -0.1) is 0 Å². The van der Waals surface area contributed by atoms with Crippen LogP contribution in [0.1, 0.15) is 25.8 Å². The van der Waals surface area contributed by atoms with E-state index in [0.717, 1.165) is 30.0 Å². The van der Waals surface area contributed by atoms with E-state index in [9.17, 15) is 0 Å². The van der Waals surface area contributed by atoms with Crippen molar-refractivity contribution in [3.05, 3.63) is 22.7 Å².